The number of hydrogen-bond acceptors (Lipinski definition) is 2. The van der Waals surface area contributed by atoms with E-state index in [4.69, 9.17) is 0 Å². The van der Waals surface area contributed by atoms with E-state index in [2.05, 4.69) is 10.3 Å². The average molecular weight is 244 g/mol. The number of halogens is 3. The summed E-state index contributed by atoms with van der Waals surface area (Å²) in [5.74, 6) is 0. The second-order valence-corrected chi connectivity index (χ2v) is 4.34. The molecule has 5 heteroatoms. The van der Waals surface area contributed by atoms with Crippen LogP contribution in [0.1, 0.15) is 36.6 Å². The van der Waals surface area contributed by atoms with E-state index in [0.29, 0.717) is 30.3 Å². The molecule has 1 aliphatic rings. The molecule has 0 bridgehead atoms. The van der Waals surface area contributed by atoms with E-state index in [1.807, 2.05) is 0 Å². The molecule has 0 spiro atoms. The van der Waals surface area contributed by atoms with Gasteiger partial charge in [-0.1, -0.05) is 6.92 Å². The zero-order chi connectivity index (χ0) is 12.5. The van der Waals surface area contributed by atoms with Crippen molar-refractivity contribution < 1.29 is 13.2 Å². The number of rotatable bonds is 4. The monoisotopic (exact) mass is 244 g/mol. The van der Waals surface area contributed by atoms with Crippen molar-refractivity contribution in [3.63, 3.8) is 0 Å². The highest BCUT2D eigenvalue weighted by Crippen LogP contribution is 2.32. The molecule has 2 nitrogen and oxygen atoms in total. The van der Waals surface area contributed by atoms with Crippen molar-refractivity contribution in [2.75, 3.05) is 0 Å². The minimum atomic E-state index is -4.30. The molecule has 1 aromatic heterocycles. The summed E-state index contributed by atoms with van der Waals surface area (Å²) in [7, 11) is 0. The topological polar surface area (TPSA) is 24.9 Å². The van der Waals surface area contributed by atoms with Gasteiger partial charge in [0.1, 0.15) is 0 Å². The summed E-state index contributed by atoms with van der Waals surface area (Å²) in [6.07, 6.45) is -0.681. The Balaban J connectivity index is 2.14. The molecule has 1 fully saturated rings. The van der Waals surface area contributed by atoms with E-state index in [9.17, 15) is 13.2 Å². The third-order valence-corrected chi connectivity index (χ3v) is 2.88. The van der Waals surface area contributed by atoms with E-state index in [1.54, 1.807) is 13.0 Å². The maximum Gasteiger partial charge on any atom is 0.418 e. The Hall–Kier alpha value is -1.10. The van der Waals surface area contributed by atoms with E-state index in [1.165, 1.54) is 0 Å². The number of hydrogen-bond donors (Lipinski definition) is 1. The molecule has 1 saturated carbocycles. The van der Waals surface area contributed by atoms with Crippen LogP contribution in [0.3, 0.4) is 0 Å². The van der Waals surface area contributed by atoms with Gasteiger partial charge in [0.2, 0.25) is 0 Å². The Labute approximate surface area is 98.2 Å². The van der Waals surface area contributed by atoms with Crippen LogP contribution in [0.4, 0.5) is 13.2 Å². The van der Waals surface area contributed by atoms with Crippen LogP contribution in [-0.4, -0.2) is 11.0 Å². The fourth-order valence-electron chi connectivity index (χ4n) is 1.73. The summed E-state index contributed by atoms with van der Waals surface area (Å²) < 4.78 is 37.9. The van der Waals surface area contributed by atoms with Crippen LogP contribution in [0.25, 0.3) is 0 Å². The highest BCUT2D eigenvalue weighted by molar-refractivity contribution is 5.29. The van der Waals surface area contributed by atoms with Crippen molar-refractivity contribution in [3.05, 3.63) is 29.1 Å². The van der Waals surface area contributed by atoms with E-state index in [-0.39, 0.29) is 0 Å². The van der Waals surface area contributed by atoms with Gasteiger partial charge in [0.15, 0.2) is 0 Å². The number of aryl methyl sites for hydroxylation is 1. The molecule has 1 aromatic rings. The molecule has 0 radical (unpaired) electrons. The minimum Gasteiger partial charge on any atom is -0.308 e. The number of nitrogens with zero attached hydrogens (tertiary/aromatic N) is 1. The van der Waals surface area contributed by atoms with E-state index in [0.717, 1.165) is 19.0 Å². The van der Waals surface area contributed by atoms with Gasteiger partial charge in [-0.15, -0.1) is 0 Å². The maximum atomic E-state index is 12.6. The molecule has 2 rings (SSSR count). The predicted molar refractivity (Wildman–Crippen MR) is 58.5 cm³/mol. The molecule has 17 heavy (non-hydrogen) atoms. The fraction of sp³-hybridized carbons (Fsp3) is 0.583. The first-order valence-electron chi connectivity index (χ1n) is 5.79. The molecule has 0 amide bonds. The maximum absolute atomic E-state index is 12.6. The molecule has 0 atom stereocenters. The average Bonchev–Trinajstić information content (AvgIpc) is 3.08. The highest BCUT2D eigenvalue weighted by Gasteiger charge is 2.33. The lowest BCUT2D eigenvalue weighted by atomic mass is 10.1. The molecule has 1 aliphatic carbocycles. The predicted octanol–water partition coefficient (Wildman–Crippen LogP) is 2.91. The Morgan fingerprint density at radius 2 is 2.12 bits per heavy atom. The highest BCUT2D eigenvalue weighted by atomic mass is 19.4. The Morgan fingerprint density at radius 3 is 2.65 bits per heavy atom. The molecular weight excluding hydrogens is 229 g/mol. The summed E-state index contributed by atoms with van der Waals surface area (Å²) in [6.45, 7) is 2.28. The Bertz CT molecular complexity index is 397. The molecule has 94 valence electrons. The quantitative estimate of drug-likeness (QED) is 0.880. The Morgan fingerprint density at radius 1 is 1.41 bits per heavy atom. The standard InChI is InChI=1S/C12H15F3N2/c1-2-8-5-10(6-16-9-3-4-9)17-7-11(8)12(13,14)15/h5,7,9,16H,2-4,6H2,1H3. The normalized spacial score (nSPS) is 16.2. The van der Waals surface area contributed by atoms with Crippen LogP contribution in [0.2, 0.25) is 0 Å². The lowest BCUT2D eigenvalue weighted by molar-refractivity contribution is -0.138. The molecule has 1 N–H and O–H groups in total. The summed E-state index contributed by atoms with van der Waals surface area (Å²) in [5, 5.41) is 3.24. The third-order valence-electron chi connectivity index (χ3n) is 2.88. The number of alkyl halides is 3. The van der Waals surface area contributed by atoms with Gasteiger partial charge in [0.25, 0.3) is 0 Å². The summed E-state index contributed by atoms with van der Waals surface area (Å²) in [5.41, 5.74) is 0.386. The van der Waals surface area contributed by atoms with Gasteiger partial charge in [-0.2, -0.15) is 13.2 Å². The first-order chi connectivity index (χ1) is 8.00. The van der Waals surface area contributed by atoms with Crippen molar-refractivity contribution in [3.8, 4) is 0 Å². The number of aromatic nitrogens is 1. The van der Waals surface area contributed by atoms with Crippen molar-refractivity contribution in [2.24, 2.45) is 0 Å². The lowest BCUT2D eigenvalue weighted by Gasteiger charge is -2.12. The van der Waals surface area contributed by atoms with Gasteiger partial charge in [-0.25, -0.2) is 0 Å². The van der Waals surface area contributed by atoms with Crippen LogP contribution in [-0.2, 0) is 19.1 Å². The van der Waals surface area contributed by atoms with Crippen molar-refractivity contribution in [2.45, 2.75) is 44.9 Å². The molecule has 0 saturated heterocycles. The van der Waals surface area contributed by atoms with Gasteiger partial charge in [0.05, 0.1) is 11.3 Å². The summed E-state index contributed by atoms with van der Waals surface area (Å²) in [6, 6.07) is 2.09. The van der Waals surface area contributed by atoms with Crippen LogP contribution in [0, 0.1) is 0 Å². The van der Waals surface area contributed by atoms with Gasteiger partial charge in [-0.05, 0) is 30.9 Å². The minimum absolute atomic E-state index is 0.320. The molecule has 0 aliphatic heterocycles. The SMILES string of the molecule is CCc1cc(CNC2CC2)ncc1C(F)(F)F. The summed E-state index contributed by atoms with van der Waals surface area (Å²) >= 11 is 0. The van der Waals surface area contributed by atoms with E-state index < -0.39 is 11.7 Å². The van der Waals surface area contributed by atoms with Crippen LogP contribution in [0.5, 0.6) is 0 Å². The Kier molecular flexibility index (Phi) is 3.38. The van der Waals surface area contributed by atoms with Gasteiger partial charge in [0, 0.05) is 18.8 Å². The van der Waals surface area contributed by atoms with Crippen molar-refractivity contribution in [1.82, 2.24) is 10.3 Å². The van der Waals surface area contributed by atoms with Crippen molar-refractivity contribution in [1.29, 1.82) is 0 Å². The molecule has 0 aromatic carbocycles. The lowest BCUT2D eigenvalue weighted by Crippen LogP contribution is -2.17. The van der Waals surface area contributed by atoms with Crippen LogP contribution < -0.4 is 5.32 Å². The second-order valence-electron chi connectivity index (χ2n) is 4.34. The zero-order valence-corrected chi connectivity index (χ0v) is 9.64. The van der Waals surface area contributed by atoms with Crippen LogP contribution >= 0.6 is 0 Å². The van der Waals surface area contributed by atoms with Crippen LogP contribution in [0.15, 0.2) is 12.3 Å². The zero-order valence-electron chi connectivity index (χ0n) is 9.64. The molecular formula is C12H15F3N2. The first-order valence-corrected chi connectivity index (χ1v) is 5.79. The van der Waals surface area contributed by atoms with E-state index >= 15 is 0 Å². The number of pyridine rings is 1. The van der Waals surface area contributed by atoms with Gasteiger partial charge < -0.3 is 5.32 Å². The first kappa shape index (κ1) is 12.4. The number of nitrogens with one attached hydrogen (secondary N) is 1. The smallest absolute Gasteiger partial charge is 0.308 e. The van der Waals surface area contributed by atoms with Gasteiger partial charge in [-0.3, -0.25) is 4.98 Å². The molecule has 1 heterocycles. The fourth-order valence-corrected chi connectivity index (χ4v) is 1.73. The van der Waals surface area contributed by atoms with Crippen molar-refractivity contribution >= 4 is 0 Å². The largest absolute Gasteiger partial charge is 0.418 e. The molecule has 0 unspecified atom stereocenters. The summed E-state index contributed by atoms with van der Waals surface area (Å²) in [4.78, 5) is 3.87. The third kappa shape index (κ3) is 3.19. The second kappa shape index (κ2) is 4.64. The van der Waals surface area contributed by atoms with Gasteiger partial charge >= 0.3 is 6.18 Å².